The highest BCUT2D eigenvalue weighted by atomic mass is 32.1. The van der Waals surface area contributed by atoms with Crippen molar-refractivity contribution in [2.24, 2.45) is 0 Å². The fourth-order valence-electron chi connectivity index (χ4n) is 6.93. The molecule has 0 radical (unpaired) electrons. The number of fused-ring (bicyclic) bond motifs is 6. The van der Waals surface area contributed by atoms with Crippen LogP contribution in [0.1, 0.15) is 6.85 Å². The van der Waals surface area contributed by atoms with Crippen molar-refractivity contribution >= 4 is 53.3 Å². The van der Waals surface area contributed by atoms with E-state index in [2.05, 4.69) is 107 Å². The van der Waals surface area contributed by atoms with E-state index in [0.29, 0.717) is 17.2 Å². The van der Waals surface area contributed by atoms with Gasteiger partial charge in [0, 0.05) is 42.9 Å². The highest BCUT2D eigenvalue weighted by Crippen LogP contribution is 2.43. The standard InChI is InChI=1S/C45H28N4S/c1-4-14-29(15-5-1)33-21-12-24-38-41(33)36-20-10-11-23-37(36)49(38)39-25-13-22-35-34-27-26-32(28-40(34)50-42(35)39)45-47-43(30-16-6-2-7-17-30)46-44(48-45)31-18-8-3-9-19-31/h1-28H/i2D,6D,7D,16D,17D. The minimum absolute atomic E-state index is 0.0146. The SMILES string of the molecule is [2H]c1c([2H])c([2H])c(-c2nc(-c3ccccc3)nc(-c3ccc4c(c3)sc3c(-n5c6ccccc6c6c(-c7ccccc7)cccc65)cccc34)n2)c([2H])c1[2H]. The lowest BCUT2D eigenvalue weighted by Crippen LogP contribution is -1.99. The zero-order valence-electron chi connectivity index (χ0n) is 31.5. The Hall–Kier alpha value is -6.43. The zero-order valence-corrected chi connectivity index (χ0v) is 27.3. The van der Waals surface area contributed by atoms with E-state index in [1.807, 2.05) is 42.5 Å². The van der Waals surface area contributed by atoms with Gasteiger partial charge in [0.25, 0.3) is 0 Å². The summed E-state index contributed by atoms with van der Waals surface area (Å²) in [6, 6.07) is 45.5. The third kappa shape index (κ3) is 4.63. The van der Waals surface area contributed by atoms with Crippen molar-refractivity contribution in [2.45, 2.75) is 0 Å². The summed E-state index contributed by atoms with van der Waals surface area (Å²) in [7, 11) is 0. The maximum absolute atomic E-state index is 8.65. The van der Waals surface area contributed by atoms with Gasteiger partial charge in [0.2, 0.25) is 0 Å². The van der Waals surface area contributed by atoms with Crippen LogP contribution >= 0.6 is 11.3 Å². The van der Waals surface area contributed by atoms with Gasteiger partial charge in [-0.2, -0.15) is 0 Å². The fourth-order valence-corrected chi connectivity index (χ4v) is 8.18. The number of para-hydroxylation sites is 1. The molecule has 0 aliphatic rings. The summed E-state index contributed by atoms with van der Waals surface area (Å²) in [4.78, 5) is 14.3. The van der Waals surface area contributed by atoms with Gasteiger partial charge in [-0.1, -0.05) is 145 Å². The maximum atomic E-state index is 8.65. The molecule has 234 valence electrons. The lowest BCUT2D eigenvalue weighted by Gasteiger charge is -2.10. The van der Waals surface area contributed by atoms with E-state index < -0.39 is 18.1 Å². The third-order valence-corrected chi connectivity index (χ3v) is 10.3. The molecule has 0 spiro atoms. The Morgan fingerprint density at radius 2 is 1.12 bits per heavy atom. The molecule has 0 amide bonds. The number of benzene rings is 7. The maximum Gasteiger partial charge on any atom is 0.164 e. The molecule has 7 aromatic carbocycles. The zero-order chi connectivity index (χ0) is 37.4. The first-order valence-electron chi connectivity index (χ1n) is 18.8. The second kappa shape index (κ2) is 11.6. The van der Waals surface area contributed by atoms with Gasteiger partial charge < -0.3 is 4.57 Å². The summed E-state index contributed by atoms with van der Waals surface area (Å²) in [5.74, 6) is 0.694. The highest BCUT2D eigenvalue weighted by molar-refractivity contribution is 7.26. The van der Waals surface area contributed by atoms with E-state index in [1.54, 1.807) is 11.3 Å². The van der Waals surface area contributed by atoms with Crippen LogP contribution in [-0.2, 0) is 0 Å². The summed E-state index contributed by atoms with van der Waals surface area (Å²) in [5, 5.41) is 4.63. The lowest BCUT2D eigenvalue weighted by molar-refractivity contribution is 1.07. The van der Waals surface area contributed by atoms with E-state index in [1.165, 1.54) is 21.9 Å². The average Bonchev–Trinajstić information content (AvgIpc) is 3.78. The predicted octanol–water partition coefficient (Wildman–Crippen LogP) is 12.0. The van der Waals surface area contributed by atoms with Gasteiger partial charge >= 0.3 is 0 Å². The van der Waals surface area contributed by atoms with Gasteiger partial charge in [0.05, 0.1) is 28.3 Å². The highest BCUT2D eigenvalue weighted by Gasteiger charge is 2.19. The van der Waals surface area contributed by atoms with Crippen molar-refractivity contribution in [3.05, 3.63) is 170 Å². The Morgan fingerprint density at radius 1 is 0.480 bits per heavy atom. The van der Waals surface area contributed by atoms with Crippen LogP contribution in [0.4, 0.5) is 0 Å². The molecule has 5 heteroatoms. The van der Waals surface area contributed by atoms with E-state index >= 15 is 0 Å². The molecular weight excluding hydrogens is 629 g/mol. The van der Waals surface area contributed by atoms with Gasteiger partial charge in [-0.05, 0) is 35.4 Å². The van der Waals surface area contributed by atoms with Crippen molar-refractivity contribution in [1.29, 1.82) is 0 Å². The molecule has 3 heterocycles. The molecule has 0 fully saturated rings. The minimum atomic E-state index is -0.469. The third-order valence-electron chi connectivity index (χ3n) is 9.15. The molecule has 10 rings (SSSR count). The summed E-state index contributed by atoms with van der Waals surface area (Å²) in [6.07, 6.45) is 0. The summed E-state index contributed by atoms with van der Waals surface area (Å²) < 4.78 is 46.6. The van der Waals surface area contributed by atoms with E-state index in [9.17, 15) is 0 Å². The molecule has 50 heavy (non-hydrogen) atoms. The van der Waals surface area contributed by atoms with Gasteiger partial charge in [-0.3, -0.25) is 0 Å². The van der Waals surface area contributed by atoms with Gasteiger partial charge in [-0.15, -0.1) is 11.3 Å². The quantitative estimate of drug-likeness (QED) is 0.184. The minimum Gasteiger partial charge on any atom is -0.308 e. The van der Waals surface area contributed by atoms with Gasteiger partial charge in [-0.25, -0.2) is 15.0 Å². The van der Waals surface area contributed by atoms with Crippen LogP contribution in [0.25, 0.3) is 93.0 Å². The summed E-state index contributed by atoms with van der Waals surface area (Å²) in [5.41, 5.74) is 7.08. The monoisotopic (exact) mass is 661 g/mol. The second-order valence-corrected chi connectivity index (χ2v) is 13.1. The van der Waals surface area contributed by atoms with Crippen molar-refractivity contribution in [3.8, 4) is 51.0 Å². The van der Waals surface area contributed by atoms with Crippen LogP contribution in [0.15, 0.2) is 170 Å². The van der Waals surface area contributed by atoms with Crippen molar-refractivity contribution in [3.63, 3.8) is 0 Å². The van der Waals surface area contributed by atoms with E-state index in [0.717, 1.165) is 42.5 Å². The average molecular weight is 662 g/mol. The molecule has 0 N–H and O–H groups in total. The molecule has 0 unspecified atom stereocenters. The molecule has 0 saturated carbocycles. The van der Waals surface area contributed by atoms with Crippen LogP contribution in [0.3, 0.4) is 0 Å². The Kier molecular flexibility index (Phi) is 5.54. The molecule has 4 nitrogen and oxygen atoms in total. The first-order chi connectivity index (χ1) is 26.9. The van der Waals surface area contributed by atoms with Crippen LogP contribution in [0.2, 0.25) is 0 Å². The van der Waals surface area contributed by atoms with Gasteiger partial charge in [0.1, 0.15) is 0 Å². The van der Waals surface area contributed by atoms with Crippen LogP contribution in [0.5, 0.6) is 0 Å². The number of thiophene rings is 1. The fraction of sp³-hybridized carbons (Fsp3) is 0. The summed E-state index contributed by atoms with van der Waals surface area (Å²) in [6.45, 7) is 0. The molecule has 0 bridgehead atoms. The Balaban J connectivity index is 1.18. The van der Waals surface area contributed by atoms with E-state index in [4.69, 9.17) is 16.8 Å². The molecule has 0 saturated heterocycles. The predicted molar refractivity (Wildman–Crippen MR) is 209 cm³/mol. The van der Waals surface area contributed by atoms with E-state index in [-0.39, 0.29) is 23.5 Å². The number of hydrogen-bond acceptors (Lipinski definition) is 4. The Labute approximate surface area is 299 Å². The molecule has 0 aliphatic heterocycles. The number of rotatable bonds is 5. The van der Waals surface area contributed by atoms with Gasteiger partial charge in [0.15, 0.2) is 17.5 Å². The number of nitrogens with zero attached hydrogens (tertiary/aromatic N) is 4. The van der Waals surface area contributed by atoms with Crippen LogP contribution in [0, 0.1) is 0 Å². The summed E-state index contributed by atoms with van der Waals surface area (Å²) >= 11 is 1.70. The lowest BCUT2D eigenvalue weighted by atomic mass is 9.99. The smallest absolute Gasteiger partial charge is 0.164 e. The molecule has 10 aromatic rings. The van der Waals surface area contributed by atoms with Crippen LogP contribution in [-0.4, -0.2) is 19.5 Å². The number of hydrogen-bond donors (Lipinski definition) is 0. The second-order valence-electron chi connectivity index (χ2n) is 12.1. The molecular formula is C45H28N4S. The number of aromatic nitrogens is 4. The first kappa shape index (κ1) is 23.8. The Morgan fingerprint density at radius 3 is 1.92 bits per heavy atom. The molecule has 3 aromatic heterocycles. The van der Waals surface area contributed by atoms with Crippen molar-refractivity contribution in [1.82, 2.24) is 19.5 Å². The first-order valence-corrected chi connectivity index (χ1v) is 17.1. The van der Waals surface area contributed by atoms with Crippen molar-refractivity contribution in [2.75, 3.05) is 0 Å². The topological polar surface area (TPSA) is 43.6 Å². The van der Waals surface area contributed by atoms with Crippen molar-refractivity contribution < 1.29 is 6.85 Å². The Bertz CT molecular complexity index is 3130. The van der Waals surface area contributed by atoms with Crippen LogP contribution < -0.4 is 0 Å². The molecule has 0 aliphatic carbocycles. The normalized spacial score (nSPS) is 13.0. The largest absolute Gasteiger partial charge is 0.308 e. The molecule has 0 atom stereocenters.